The number of likely N-dealkylation sites (tertiary alicyclic amines) is 1. The van der Waals surface area contributed by atoms with E-state index in [2.05, 4.69) is 28.9 Å². The maximum atomic E-state index is 13.0. The first-order valence-corrected chi connectivity index (χ1v) is 11.1. The van der Waals surface area contributed by atoms with E-state index in [-0.39, 0.29) is 11.9 Å². The van der Waals surface area contributed by atoms with E-state index in [1.165, 1.54) is 24.8 Å². The number of methoxy groups -OCH3 is 1. The van der Waals surface area contributed by atoms with Gasteiger partial charge >= 0.3 is 0 Å². The van der Waals surface area contributed by atoms with Crippen molar-refractivity contribution in [3.63, 3.8) is 0 Å². The van der Waals surface area contributed by atoms with Crippen LogP contribution in [-0.2, 0) is 13.1 Å². The average Bonchev–Trinajstić information content (AvgIpc) is 3.23. The van der Waals surface area contributed by atoms with Gasteiger partial charge in [0.25, 0.3) is 5.91 Å². The SMILES string of the molecule is COc1cccc(CN2CCN(C(=O)c3ccc(CN4CCCCC4)o3)[C@@H](C)C2)c1. The molecule has 6 heteroatoms. The Morgan fingerprint density at radius 3 is 2.63 bits per heavy atom. The normalized spacial score (nSPS) is 21.0. The number of furan rings is 1. The summed E-state index contributed by atoms with van der Waals surface area (Å²) in [6, 6.07) is 12.1. The van der Waals surface area contributed by atoms with Crippen LogP contribution in [0, 0.1) is 0 Å². The van der Waals surface area contributed by atoms with Crippen molar-refractivity contribution in [2.75, 3.05) is 39.8 Å². The minimum Gasteiger partial charge on any atom is -0.497 e. The molecule has 0 saturated carbocycles. The molecule has 30 heavy (non-hydrogen) atoms. The summed E-state index contributed by atoms with van der Waals surface area (Å²) in [6.45, 7) is 8.45. The standard InChI is InChI=1S/C24H33N3O3/c1-19-16-26(17-20-7-6-8-21(15-20)29-2)13-14-27(19)24(28)23-10-9-22(30-23)18-25-11-4-3-5-12-25/h6-10,15,19H,3-5,11-14,16-18H2,1-2H3/t19-/m0/s1. The lowest BCUT2D eigenvalue weighted by Gasteiger charge is -2.39. The van der Waals surface area contributed by atoms with Crippen molar-refractivity contribution in [2.24, 2.45) is 0 Å². The summed E-state index contributed by atoms with van der Waals surface area (Å²) in [5.74, 6) is 2.25. The van der Waals surface area contributed by atoms with Crippen LogP contribution < -0.4 is 4.74 Å². The Balaban J connectivity index is 1.32. The molecule has 6 nitrogen and oxygen atoms in total. The molecule has 0 radical (unpaired) electrons. The lowest BCUT2D eigenvalue weighted by atomic mass is 10.1. The Kier molecular flexibility index (Phi) is 6.75. The maximum Gasteiger partial charge on any atom is 0.289 e. The van der Waals surface area contributed by atoms with E-state index in [0.29, 0.717) is 12.3 Å². The molecule has 1 amide bonds. The summed E-state index contributed by atoms with van der Waals surface area (Å²) < 4.78 is 11.3. The second kappa shape index (κ2) is 9.67. The largest absolute Gasteiger partial charge is 0.497 e. The molecule has 0 N–H and O–H groups in total. The molecule has 0 spiro atoms. The summed E-state index contributed by atoms with van der Waals surface area (Å²) >= 11 is 0. The van der Waals surface area contributed by atoms with Crippen molar-refractivity contribution in [1.82, 2.24) is 14.7 Å². The van der Waals surface area contributed by atoms with Crippen molar-refractivity contribution < 1.29 is 13.9 Å². The van der Waals surface area contributed by atoms with Gasteiger partial charge in [0.05, 0.1) is 13.7 Å². The first-order chi connectivity index (χ1) is 14.6. The minimum atomic E-state index is 0.00780. The molecule has 4 rings (SSSR count). The molecule has 1 aromatic carbocycles. The number of carbonyl (C=O) groups is 1. The van der Waals surface area contributed by atoms with E-state index in [4.69, 9.17) is 9.15 Å². The minimum absolute atomic E-state index is 0.00780. The Labute approximate surface area is 179 Å². The number of carbonyl (C=O) groups excluding carboxylic acids is 1. The summed E-state index contributed by atoms with van der Waals surface area (Å²) in [4.78, 5) is 19.8. The zero-order valence-electron chi connectivity index (χ0n) is 18.2. The molecule has 2 aliphatic rings. The maximum absolute atomic E-state index is 13.0. The number of rotatable bonds is 6. The Morgan fingerprint density at radius 1 is 1.03 bits per heavy atom. The number of hydrogen-bond donors (Lipinski definition) is 0. The second-order valence-corrected chi connectivity index (χ2v) is 8.54. The van der Waals surface area contributed by atoms with Gasteiger partial charge in [-0.05, 0) is 62.7 Å². The van der Waals surface area contributed by atoms with Gasteiger partial charge in [-0.15, -0.1) is 0 Å². The average molecular weight is 412 g/mol. The predicted molar refractivity (Wildman–Crippen MR) is 117 cm³/mol. The molecule has 0 bridgehead atoms. The van der Waals surface area contributed by atoms with Crippen molar-refractivity contribution in [2.45, 2.75) is 45.3 Å². The first kappa shape index (κ1) is 20.9. The highest BCUT2D eigenvalue weighted by atomic mass is 16.5. The molecular weight excluding hydrogens is 378 g/mol. The number of ether oxygens (including phenoxy) is 1. The molecule has 0 unspecified atom stereocenters. The first-order valence-electron chi connectivity index (χ1n) is 11.1. The fraction of sp³-hybridized carbons (Fsp3) is 0.542. The number of piperazine rings is 1. The molecule has 2 fully saturated rings. The Morgan fingerprint density at radius 2 is 1.87 bits per heavy atom. The van der Waals surface area contributed by atoms with Gasteiger partial charge in [-0.3, -0.25) is 14.6 Å². The van der Waals surface area contributed by atoms with Gasteiger partial charge in [-0.2, -0.15) is 0 Å². The van der Waals surface area contributed by atoms with E-state index in [0.717, 1.165) is 50.8 Å². The monoisotopic (exact) mass is 411 g/mol. The third kappa shape index (κ3) is 5.05. The fourth-order valence-electron chi connectivity index (χ4n) is 4.56. The van der Waals surface area contributed by atoms with Crippen LogP contribution in [0.4, 0.5) is 0 Å². The topological polar surface area (TPSA) is 49.2 Å². The third-order valence-electron chi connectivity index (χ3n) is 6.21. The van der Waals surface area contributed by atoms with Gasteiger partial charge in [-0.25, -0.2) is 0 Å². The highest BCUT2D eigenvalue weighted by molar-refractivity contribution is 5.91. The molecule has 2 aliphatic heterocycles. The van der Waals surface area contributed by atoms with Crippen LogP contribution in [-0.4, -0.2) is 66.5 Å². The third-order valence-corrected chi connectivity index (χ3v) is 6.21. The molecule has 1 aromatic heterocycles. The van der Waals surface area contributed by atoms with Gasteiger partial charge in [0, 0.05) is 32.2 Å². The van der Waals surface area contributed by atoms with Crippen LogP contribution in [0.15, 0.2) is 40.8 Å². The number of amides is 1. The highest BCUT2D eigenvalue weighted by Gasteiger charge is 2.30. The lowest BCUT2D eigenvalue weighted by molar-refractivity contribution is 0.0443. The molecule has 2 aromatic rings. The van der Waals surface area contributed by atoms with Gasteiger partial charge < -0.3 is 14.1 Å². The summed E-state index contributed by atoms with van der Waals surface area (Å²) in [5, 5.41) is 0. The van der Waals surface area contributed by atoms with Gasteiger partial charge in [-0.1, -0.05) is 18.6 Å². The van der Waals surface area contributed by atoms with Crippen molar-refractivity contribution >= 4 is 5.91 Å². The lowest BCUT2D eigenvalue weighted by Crippen LogP contribution is -2.53. The van der Waals surface area contributed by atoms with E-state index in [9.17, 15) is 4.79 Å². The van der Waals surface area contributed by atoms with Crippen LogP contribution in [0.25, 0.3) is 0 Å². The van der Waals surface area contributed by atoms with Crippen molar-refractivity contribution in [3.05, 3.63) is 53.5 Å². The van der Waals surface area contributed by atoms with E-state index < -0.39 is 0 Å². The van der Waals surface area contributed by atoms with Gasteiger partial charge in [0.15, 0.2) is 5.76 Å². The van der Waals surface area contributed by atoms with Crippen molar-refractivity contribution in [3.8, 4) is 5.75 Å². The second-order valence-electron chi connectivity index (χ2n) is 8.54. The molecule has 1 atom stereocenters. The smallest absolute Gasteiger partial charge is 0.289 e. The molecule has 0 aliphatic carbocycles. The number of nitrogens with zero attached hydrogens (tertiary/aromatic N) is 3. The van der Waals surface area contributed by atoms with Gasteiger partial charge in [0.2, 0.25) is 0 Å². The van der Waals surface area contributed by atoms with Crippen LogP contribution in [0.3, 0.4) is 0 Å². The number of benzene rings is 1. The van der Waals surface area contributed by atoms with Crippen molar-refractivity contribution in [1.29, 1.82) is 0 Å². The highest BCUT2D eigenvalue weighted by Crippen LogP contribution is 2.21. The van der Waals surface area contributed by atoms with E-state index in [1.54, 1.807) is 7.11 Å². The molecule has 2 saturated heterocycles. The zero-order valence-corrected chi connectivity index (χ0v) is 18.2. The Hall–Kier alpha value is -2.31. The summed E-state index contributed by atoms with van der Waals surface area (Å²) in [5.41, 5.74) is 1.23. The quantitative estimate of drug-likeness (QED) is 0.727. The Bertz CT molecular complexity index is 844. The van der Waals surface area contributed by atoms with Crippen LogP contribution in [0.2, 0.25) is 0 Å². The van der Waals surface area contributed by atoms with E-state index >= 15 is 0 Å². The zero-order chi connectivity index (χ0) is 20.9. The predicted octanol–water partition coefficient (Wildman–Crippen LogP) is 3.62. The fourth-order valence-corrected chi connectivity index (χ4v) is 4.56. The van der Waals surface area contributed by atoms with Crippen LogP contribution in [0.5, 0.6) is 5.75 Å². The summed E-state index contributed by atoms with van der Waals surface area (Å²) in [6.07, 6.45) is 3.83. The molecule has 3 heterocycles. The molecular formula is C24H33N3O3. The summed E-state index contributed by atoms with van der Waals surface area (Å²) in [7, 11) is 1.69. The number of hydrogen-bond acceptors (Lipinski definition) is 5. The van der Waals surface area contributed by atoms with Crippen LogP contribution >= 0.6 is 0 Å². The number of piperidine rings is 1. The van der Waals surface area contributed by atoms with Gasteiger partial charge in [0.1, 0.15) is 11.5 Å². The molecule has 162 valence electrons. The van der Waals surface area contributed by atoms with E-state index in [1.807, 2.05) is 29.2 Å². The van der Waals surface area contributed by atoms with Crippen LogP contribution in [0.1, 0.15) is 48.1 Å².